The largest absolute Gasteiger partial charge is 0.316 e. The van der Waals surface area contributed by atoms with Gasteiger partial charge in [-0.15, -0.1) is 0 Å². The summed E-state index contributed by atoms with van der Waals surface area (Å²) in [7, 11) is 0. The van der Waals surface area contributed by atoms with Crippen molar-refractivity contribution < 1.29 is 0 Å². The molecule has 0 amide bonds. The zero-order valence-electron chi connectivity index (χ0n) is 64.4. The summed E-state index contributed by atoms with van der Waals surface area (Å²) in [5.74, 6) is 0. The van der Waals surface area contributed by atoms with E-state index in [9.17, 15) is 0 Å². The Balaban J connectivity index is 0.000000104. The summed E-state index contributed by atoms with van der Waals surface area (Å²) in [6, 6.07) is 152. The molecule has 0 radical (unpaired) electrons. The van der Waals surface area contributed by atoms with Crippen LogP contribution in [0.15, 0.2) is 437 Å². The highest BCUT2D eigenvalue weighted by atomic mass is 15.0. The van der Waals surface area contributed by atoms with Crippen LogP contribution in [0.4, 0.5) is 0 Å². The zero-order chi connectivity index (χ0) is 77.5. The monoisotopic (exact) mass is 1500 g/mol. The van der Waals surface area contributed by atoms with Gasteiger partial charge in [-0.3, -0.25) is 0 Å². The summed E-state index contributed by atoms with van der Waals surface area (Å²) >= 11 is 0. The lowest BCUT2D eigenvalue weighted by atomic mass is 9.91. The van der Waals surface area contributed by atoms with Gasteiger partial charge < -0.3 is 18.3 Å². The average molecular weight is 1500 g/mol. The molecular weight excluding hydrogens is 1430 g/mol. The molecule has 0 bridgehead atoms. The summed E-state index contributed by atoms with van der Waals surface area (Å²) in [6.45, 7) is 0. The van der Waals surface area contributed by atoms with Gasteiger partial charge >= 0.3 is 0 Å². The molecule has 548 valence electrons. The predicted molar refractivity (Wildman–Crippen MR) is 497 cm³/mol. The Kier molecular flexibility index (Phi) is 15.3. The number of benzene rings is 19. The van der Waals surface area contributed by atoms with Gasteiger partial charge in [-0.1, -0.05) is 328 Å². The number of nitrogens with zero attached hydrogens (tertiary/aromatic N) is 4. The molecule has 0 saturated heterocycles. The van der Waals surface area contributed by atoms with Gasteiger partial charge in [0.25, 0.3) is 0 Å². The Labute approximate surface area is 682 Å². The van der Waals surface area contributed by atoms with Gasteiger partial charge in [0, 0.05) is 96.1 Å². The molecule has 0 unspecified atom stereocenters. The fourth-order valence-electron chi connectivity index (χ4n) is 19.7. The molecule has 4 heteroatoms. The first-order valence-corrected chi connectivity index (χ1v) is 40.8. The van der Waals surface area contributed by atoms with E-state index in [1.807, 2.05) is 0 Å². The minimum Gasteiger partial charge on any atom is -0.316 e. The van der Waals surface area contributed by atoms with E-state index < -0.39 is 0 Å². The average Bonchev–Trinajstić information content (AvgIpc) is 1.56. The maximum absolute atomic E-state index is 2.39. The molecule has 19 aromatic carbocycles. The molecule has 0 aliphatic heterocycles. The third kappa shape index (κ3) is 10.6. The van der Waals surface area contributed by atoms with Crippen LogP contribution < -0.4 is 0 Å². The molecule has 23 aromatic rings. The smallest absolute Gasteiger partial charge is 0.0547 e. The quantitative estimate of drug-likeness (QED) is 0.158. The predicted octanol–water partition coefficient (Wildman–Crippen LogP) is 30.7. The van der Waals surface area contributed by atoms with Crippen molar-refractivity contribution in [1.82, 2.24) is 18.3 Å². The van der Waals surface area contributed by atoms with Crippen molar-refractivity contribution in [1.29, 1.82) is 0 Å². The van der Waals surface area contributed by atoms with Crippen molar-refractivity contribution in [3.05, 3.63) is 437 Å². The van der Waals surface area contributed by atoms with Crippen molar-refractivity contribution in [3.63, 3.8) is 0 Å². The molecule has 3 aliphatic carbocycles. The second-order valence-electron chi connectivity index (χ2n) is 31.4. The van der Waals surface area contributed by atoms with E-state index in [4.69, 9.17) is 0 Å². The fourth-order valence-corrected chi connectivity index (χ4v) is 19.7. The SMILES string of the molecule is c1ccc(-c2cccc(-n3cc4c5c(c6ccccc6cc53)-c3ccccc3-c3ccccc3-4)c2)cc1.c1ccc(-n2cc3c4c(c5ccccc5cc42)-c2ccccc2-c2ccccc2-3)cc1.c1ccc2c(c1)-c1cc3ccccc3cc1-c1cn(-c3ccc(-c4ccc(-n5c6ccccc6c6ccccc65)cc4)cc3)c3cccc-2c13. The third-order valence-corrected chi connectivity index (χ3v) is 25.0. The molecule has 4 heterocycles. The highest BCUT2D eigenvalue weighted by Gasteiger charge is 2.30. The van der Waals surface area contributed by atoms with Gasteiger partial charge in [0.2, 0.25) is 0 Å². The molecule has 0 fully saturated rings. The van der Waals surface area contributed by atoms with Gasteiger partial charge in [-0.05, 0) is 218 Å². The lowest BCUT2D eigenvalue weighted by Crippen LogP contribution is -1.94. The first kappa shape index (κ1) is 66.9. The van der Waals surface area contributed by atoms with Gasteiger partial charge in [0.1, 0.15) is 0 Å². The molecule has 0 atom stereocenters. The minimum absolute atomic E-state index is 1.15. The highest BCUT2D eigenvalue weighted by molar-refractivity contribution is 6.24. The molecule has 4 aromatic heterocycles. The summed E-state index contributed by atoms with van der Waals surface area (Å²) in [5.41, 5.74) is 39.0. The summed E-state index contributed by atoms with van der Waals surface area (Å²) < 4.78 is 9.48. The van der Waals surface area contributed by atoms with E-state index in [1.54, 1.807) is 0 Å². The number of hydrogen-bond acceptors (Lipinski definition) is 0. The van der Waals surface area contributed by atoms with Crippen molar-refractivity contribution in [3.8, 4) is 145 Å². The van der Waals surface area contributed by atoms with Crippen LogP contribution in [0, 0.1) is 0 Å². The van der Waals surface area contributed by atoms with Crippen LogP contribution in [-0.2, 0) is 0 Å². The van der Waals surface area contributed by atoms with Crippen LogP contribution >= 0.6 is 0 Å². The maximum atomic E-state index is 2.39. The van der Waals surface area contributed by atoms with Crippen molar-refractivity contribution in [2.75, 3.05) is 0 Å². The second-order valence-corrected chi connectivity index (χ2v) is 31.4. The second kappa shape index (κ2) is 27.0. The van der Waals surface area contributed by atoms with Crippen molar-refractivity contribution in [2.45, 2.75) is 0 Å². The number of rotatable bonds is 6. The Morgan fingerprint density at radius 3 is 0.975 bits per heavy atom. The molecule has 3 aliphatic rings. The van der Waals surface area contributed by atoms with Crippen LogP contribution in [-0.4, -0.2) is 18.3 Å². The standard InChI is InChI=1S/C48H30N2.C36H23N.C30H19N/c1-2-11-34-29-43-42(28-33(34)10-1)38-13-4-3-12-37(38)41-16-9-19-47-48(41)44(43)30-49(47)35-24-20-31(21-25-35)32-22-26-36(27-23-32)50-45-17-7-5-14-39(45)40-15-6-8-18-46(40)50;1-2-11-24(12-3-1)25-14-10-15-27(21-25)37-23-33-31-19-7-6-17-29(31)30-18-8-9-20-32(30)35-28-16-5-4-13-26(28)22-34(37)36(33)35;1-2-11-21(12-3-1)31-19-27-25-16-7-6-14-23(25)24-15-8-9-17-26(24)29-22-13-5-4-10-20(22)18-28(31)30(27)29/h1-30H;1-23H;1-19H. The summed E-state index contributed by atoms with van der Waals surface area (Å²) in [4.78, 5) is 0. The van der Waals surface area contributed by atoms with E-state index >= 15 is 0 Å². The van der Waals surface area contributed by atoms with E-state index in [0.717, 1.165) is 5.69 Å². The summed E-state index contributed by atoms with van der Waals surface area (Å²) in [6.07, 6.45) is 7.03. The zero-order valence-corrected chi connectivity index (χ0v) is 64.4. The van der Waals surface area contributed by atoms with E-state index in [1.165, 1.54) is 226 Å². The molecule has 0 saturated carbocycles. The molecule has 0 spiro atoms. The van der Waals surface area contributed by atoms with Crippen LogP contribution in [0.5, 0.6) is 0 Å². The van der Waals surface area contributed by atoms with Gasteiger partial charge in [-0.2, -0.15) is 0 Å². The third-order valence-electron chi connectivity index (χ3n) is 25.0. The fraction of sp³-hybridized carbons (Fsp3) is 0. The van der Waals surface area contributed by atoms with Crippen LogP contribution in [0.1, 0.15) is 0 Å². The molecular formula is C114H72N4. The van der Waals surface area contributed by atoms with Crippen molar-refractivity contribution in [2.24, 2.45) is 0 Å². The van der Waals surface area contributed by atoms with E-state index in [0.29, 0.717) is 0 Å². The van der Waals surface area contributed by atoms with Gasteiger partial charge in [0.05, 0.1) is 27.6 Å². The van der Waals surface area contributed by atoms with Crippen LogP contribution in [0.25, 0.3) is 232 Å². The van der Waals surface area contributed by atoms with E-state index in [-0.39, 0.29) is 0 Å². The Bertz CT molecular complexity index is 7970. The van der Waals surface area contributed by atoms with Gasteiger partial charge in [-0.25, -0.2) is 0 Å². The van der Waals surface area contributed by atoms with Crippen LogP contribution in [0.3, 0.4) is 0 Å². The molecule has 0 N–H and O–H groups in total. The minimum atomic E-state index is 1.15. The normalized spacial score (nSPS) is 11.9. The molecule has 4 nitrogen and oxygen atoms in total. The molecule has 26 rings (SSSR count). The maximum Gasteiger partial charge on any atom is 0.0547 e. The first-order valence-electron chi connectivity index (χ1n) is 40.8. The van der Waals surface area contributed by atoms with Gasteiger partial charge in [0.15, 0.2) is 0 Å². The molecule has 118 heavy (non-hydrogen) atoms. The number of hydrogen-bond donors (Lipinski definition) is 0. The number of para-hydroxylation sites is 3. The highest BCUT2D eigenvalue weighted by Crippen LogP contribution is 2.55. The topological polar surface area (TPSA) is 19.7 Å². The number of aromatic nitrogens is 4. The Hall–Kier alpha value is -15.6. The first-order chi connectivity index (χ1) is 58.6. The Morgan fingerprint density at radius 1 is 0.144 bits per heavy atom. The Morgan fingerprint density at radius 2 is 0.458 bits per heavy atom. The van der Waals surface area contributed by atoms with Crippen LogP contribution in [0.2, 0.25) is 0 Å². The van der Waals surface area contributed by atoms with Crippen molar-refractivity contribution >= 4 is 86.8 Å². The number of fused-ring (bicyclic) bond motifs is 23. The van der Waals surface area contributed by atoms with E-state index in [2.05, 4.69) is 455 Å². The lowest BCUT2D eigenvalue weighted by Gasteiger charge is -2.15. The summed E-state index contributed by atoms with van der Waals surface area (Å²) in [5, 5.41) is 14.2. The lowest BCUT2D eigenvalue weighted by molar-refractivity contribution is 1.13.